The molecule has 2 aromatic rings. The molecule has 1 N–H and O–H groups in total. The lowest BCUT2D eigenvalue weighted by Gasteiger charge is -2.11. The Bertz CT molecular complexity index is 776. The van der Waals surface area contributed by atoms with Crippen LogP contribution in [0.1, 0.15) is 34.0 Å². The molecule has 4 nitrogen and oxygen atoms in total. The number of amides is 1. The van der Waals surface area contributed by atoms with Crippen molar-refractivity contribution >= 4 is 35.1 Å². The molecule has 1 atom stereocenters. The Balaban J connectivity index is 1.61. The van der Waals surface area contributed by atoms with E-state index in [1.54, 1.807) is 36.4 Å². The summed E-state index contributed by atoms with van der Waals surface area (Å²) in [6, 6.07) is 12.2. The number of esters is 1. The van der Waals surface area contributed by atoms with Crippen LogP contribution in [-0.4, -0.2) is 11.9 Å². The third kappa shape index (κ3) is 3.49. The zero-order valence-electron chi connectivity index (χ0n) is 12.0. The van der Waals surface area contributed by atoms with E-state index < -0.39 is 6.10 Å². The van der Waals surface area contributed by atoms with Crippen LogP contribution in [0.4, 0.5) is 0 Å². The van der Waals surface area contributed by atoms with E-state index in [4.69, 9.17) is 27.9 Å². The molecule has 0 radical (unpaired) electrons. The first-order valence-electron chi connectivity index (χ1n) is 7.05. The maximum absolute atomic E-state index is 12.1. The number of halogens is 2. The number of rotatable bonds is 4. The number of hydrogen-bond acceptors (Lipinski definition) is 3. The van der Waals surface area contributed by atoms with Crippen molar-refractivity contribution in [2.75, 3.05) is 0 Å². The summed E-state index contributed by atoms with van der Waals surface area (Å²) in [6.45, 7) is 0.289. The van der Waals surface area contributed by atoms with Crippen LogP contribution in [0.5, 0.6) is 0 Å². The molecule has 1 aliphatic heterocycles. The predicted molar refractivity (Wildman–Crippen MR) is 87.5 cm³/mol. The number of hydrogen-bond donors (Lipinski definition) is 1. The summed E-state index contributed by atoms with van der Waals surface area (Å²) in [5.41, 5.74) is 2.04. The van der Waals surface area contributed by atoms with Crippen LogP contribution in [0, 0.1) is 0 Å². The van der Waals surface area contributed by atoms with Crippen molar-refractivity contribution in [2.24, 2.45) is 0 Å². The van der Waals surface area contributed by atoms with Crippen molar-refractivity contribution in [3.63, 3.8) is 0 Å². The van der Waals surface area contributed by atoms with Gasteiger partial charge in [0.1, 0.15) is 6.10 Å². The molecule has 3 rings (SSSR count). The van der Waals surface area contributed by atoms with E-state index in [1.807, 2.05) is 6.07 Å². The minimum Gasteiger partial charge on any atom is -0.453 e. The molecule has 1 aliphatic rings. The second kappa shape index (κ2) is 6.60. The van der Waals surface area contributed by atoms with Crippen LogP contribution in [0.2, 0.25) is 10.0 Å². The second-order valence-electron chi connectivity index (χ2n) is 5.20. The number of carbonyl (C=O) groups is 2. The topological polar surface area (TPSA) is 55.4 Å². The van der Waals surface area contributed by atoms with Crippen molar-refractivity contribution in [1.82, 2.24) is 5.32 Å². The van der Waals surface area contributed by atoms with Crippen LogP contribution >= 0.6 is 23.2 Å². The molecule has 0 spiro atoms. The smallest absolute Gasteiger partial charge is 0.339 e. The van der Waals surface area contributed by atoms with Crippen LogP contribution < -0.4 is 5.32 Å². The van der Waals surface area contributed by atoms with Gasteiger partial charge in [0, 0.05) is 22.2 Å². The predicted octanol–water partition coefficient (Wildman–Crippen LogP) is 3.91. The van der Waals surface area contributed by atoms with Crippen molar-refractivity contribution < 1.29 is 14.3 Å². The van der Waals surface area contributed by atoms with E-state index in [9.17, 15) is 9.59 Å². The first-order chi connectivity index (χ1) is 11.0. The van der Waals surface area contributed by atoms with Crippen molar-refractivity contribution in [2.45, 2.75) is 19.1 Å². The minimum absolute atomic E-state index is 0.0773. The van der Waals surface area contributed by atoms with E-state index in [-0.39, 0.29) is 24.8 Å². The Morgan fingerprint density at radius 3 is 2.74 bits per heavy atom. The van der Waals surface area contributed by atoms with Gasteiger partial charge in [0.15, 0.2) is 0 Å². The first kappa shape index (κ1) is 15.8. The molecule has 0 bridgehead atoms. The molecule has 0 fully saturated rings. The van der Waals surface area contributed by atoms with E-state index in [1.165, 1.54) is 0 Å². The van der Waals surface area contributed by atoms with Crippen LogP contribution in [0.3, 0.4) is 0 Å². The monoisotopic (exact) mass is 349 g/mol. The molecule has 1 unspecified atom stereocenters. The number of fused-ring (bicyclic) bond motifs is 1. The molecule has 0 aromatic heterocycles. The van der Waals surface area contributed by atoms with Crippen LogP contribution in [-0.2, 0) is 16.1 Å². The molecule has 23 heavy (non-hydrogen) atoms. The highest BCUT2D eigenvalue weighted by molar-refractivity contribution is 6.35. The molecular formula is C17H13Cl2NO3. The summed E-state index contributed by atoms with van der Waals surface area (Å²) in [6.07, 6.45) is -0.465. The van der Waals surface area contributed by atoms with Gasteiger partial charge in [-0.3, -0.25) is 4.79 Å². The molecule has 0 aliphatic carbocycles. The fraction of sp³-hybridized carbons (Fsp3) is 0.176. The van der Waals surface area contributed by atoms with Crippen molar-refractivity contribution in [1.29, 1.82) is 0 Å². The summed E-state index contributed by atoms with van der Waals surface area (Å²) >= 11 is 11.9. The van der Waals surface area contributed by atoms with Crippen LogP contribution in [0.25, 0.3) is 0 Å². The van der Waals surface area contributed by atoms with Crippen molar-refractivity contribution in [3.8, 4) is 0 Å². The third-order valence-electron chi connectivity index (χ3n) is 3.64. The van der Waals surface area contributed by atoms with Gasteiger partial charge in [-0.25, -0.2) is 4.79 Å². The molecule has 0 saturated heterocycles. The lowest BCUT2D eigenvalue weighted by Crippen LogP contribution is -2.24. The zero-order chi connectivity index (χ0) is 16.4. The molecule has 1 amide bonds. The van der Waals surface area contributed by atoms with Gasteiger partial charge in [-0.05, 0) is 23.8 Å². The van der Waals surface area contributed by atoms with Gasteiger partial charge in [-0.15, -0.1) is 0 Å². The van der Waals surface area contributed by atoms with E-state index in [0.29, 0.717) is 15.6 Å². The Kier molecular flexibility index (Phi) is 4.55. The fourth-order valence-electron chi connectivity index (χ4n) is 2.47. The van der Waals surface area contributed by atoms with E-state index >= 15 is 0 Å². The normalized spacial score (nSPS) is 15.9. The number of ether oxygens (including phenoxy) is 1. The second-order valence-corrected chi connectivity index (χ2v) is 6.04. The molecular weight excluding hydrogens is 337 g/mol. The number of nitrogens with one attached hydrogen (secondary N) is 1. The highest BCUT2D eigenvalue weighted by atomic mass is 35.5. The number of cyclic esters (lactones) is 1. The third-order valence-corrected chi connectivity index (χ3v) is 4.23. The molecule has 1 heterocycles. The maximum atomic E-state index is 12.1. The van der Waals surface area contributed by atoms with Crippen molar-refractivity contribution in [3.05, 3.63) is 69.2 Å². The fourth-order valence-corrected chi connectivity index (χ4v) is 2.95. The van der Waals surface area contributed by atoms with E-state index in [2.05, 4.69) is 5.32 Å². The van der Waals surface area contributed by atoms with Gasteiger partial charge >= 0.3 is 5.97 Å². The molecule has 0 saturated carbocycles. The maximum Gasteiger partial charge on any atom is 0.339 e. The van der Waals surface area contributed by atoms with Gasteiger partial charge in [0.05, 0.1) is 12.0 Å². The van der Waals surface area contributed by atoms with Gasteiger partial charge in [-0.2, -0.15) is 0 Å². The minimum atomic E-state index is -0.542. The van der Waals surface area contributed by atoms with Gasteiger partial charge in [0.2, 0.25) is 5.91 Å². The summed E-state index contributed by atoms with van der Waals surface area (Å²) in [5, 5.41) is 3.81. The quantitative estimate of drug-likeness (QED) is 0.851. The highest BCUT2D eigenvalue weighted by Crippen LogP contribution is 2.32. The Morgan fingerprint density at radius 2 is 1.96 bits per heavy atom. The summed E-state index contributed by atoms with van der Waals surface area (Å²) in [4.78, 5) is 23.8. The van der Waals surface area contributed by atoms with Gasteiger partial charge < -0.3 is 10.1 Å². The first-order valence-corrected chi connectivity index (χ1v) is 7.80. The standard InChI is InChI=1S/C17H13Cl2NO3/c18-11-6-5-10(14(19)7-11)9-20-16(21)8-15-12-3-1-2-4-13(12)17(22)23-15/h1-7,15H,8-9H2,(H,20,21). The Hall–Kier alpha value is -2.04. The molecule has 118 valence electrons. The van der Waals surface area contributed by atoms with E-state index in [0.717, 1.165) is 11.1 Å². The zero-order valence-corrected chi connectivity index (χ0v) is 13.5. The number of benzene rings is 2. The largest absolute Gasteiger partial charge is 0.453 e. The lowest BCUT2D eigenvalue weighted by atomic mass is 10.0. The molecule has 2 aromatic carbocycles. The number of carbonyl (C=O) groups excluding carboxylic acids is 2. The SMILES string of the molecule is O=C(CC1OC(=O)c2ccccc21)NCc1ccc(Cl)cc1Cl. The summed E-state index contributed by atoms with van der Waals surface area (Å²) < 4.78 is 5.25. The Labute approximate surface area is 143 Å². The molecule has 6 heteroatoms. The van der Waals surface area contributed by atoms with Gasteiger partial charge in [0.25, 0.3) is 0 Å². The Morgan fingerprint density at radius 1 is 1.17 bits per heavy atom. The average molecular weight is 350 g/mol. The van der Waals surface area contributed by atoms with Gasteiger partial charge in [-0.1, -0.05) is 47.5 Å². The lowest BCUT2D eigenvalue weighted by molar-refractivity contribution is -0.123. The summed E-state index contributed by atoms with van der Waals surface area (Å²) in [7, 11) is 0. The average Bonchev–Trinajstić information content (AvgIpc) is 2.83. The van der Waals surface area contributed by atoms with Crippen LogP contribution in [0.15, 0.2) is 42.5 Å². The summed E-state index contributed by atoms with van der Waals surface area (Å²) in [5.74, 6) is -0.607. The highest BCUT2D eigenvalue weighted by Gasteiger charge is 2.31.